The van der Waals surface area contributed by atoms with Gasteiger partial charge in [-0.3, -0.25) is 24.1 Å². The maximum atomic E-state index is 14.8. The number of nitrogens with one attached hydrogen (secondary N) is 1. The van der Waals surface area contributed by atoms with E-state index in [-0.39, 0.29) is 79.6 Å². The number of amides is 1. The van der Waals surface area contributed by atoms with Crippen molar-refractivity contribution in [3.8, 4) is 28.7 Å². The van der Waals surface area contributed by atoms with Crippen LogP contribution in [0.5, 0.6) is 17.2 Å². The predicted molar refractivity (Wildman–Crippen MR) is 245 cm³/mol. The summed E-state index contributed by atoms with van der Waals surface area (Å²) in [4.78, 5) is 63.3. The number of ketones is 1. The van der Waals surface area contributed by atoms with Crippen LogP contribution in [0.25, 0.3) is 33.3 Å². The van der Waals surface area contributed by atoms with Crippen LogP contribution in [-0.4, -0.2) is 95.2 Å². The number of carbonyl (C=O) groups excluding carboxylic acids is 3. The number of aliphatic hydroxyl groups excluding tert-OH is 1. The Labute approximate surface area is 378 Å². The lowest BCUT2D eigenvalue weighted by molar-refractivity contribution is -0.157. The second-order valence-corrected chi connectivity index (χ2v) is 18.1. The summed E-state index contributed by atoms with van der Waals surface area (Å²) < 4.78 is 36.8. The van der Waals surface area contributed by atoms with Gasteiger partial charge < -0.3 is 43.6 Å². The summed E-state index contributed by atoms with van der Waals surface area (Å²) >= 11 is 0. The van der Waals surface area contributed by atoms with Crippen LogP contribution in [0, 0.1) is 36.5 Å². The Balaban J connectivity index is 1.39. The highest BCUT2D eigenvalue weighted by Gasteiger charge is 2.50. The van der Waals surface area contributed by atoms with E-state index in [9.17, 15) is 29.4 Å². The highest BCUT2D eigenvalue weighted by Crippen LogP contribution is 2.50. The molecule has 0 unspecified atom stereocenters. The second-order valence-electron chi connectivity index (χ2n) is 18.1. The quantitative estimate of drug-likeness (QED) is 0.0968. The van der Waals surface area contributed by atoms with Crippen molar-refractivity contribution in [2.75, 3.05) is 38.7 Å². The van der Waals surface area contributed by atoms with Gasteiger partial charge in [0.1, 0.15) is 46.9 Å². The molecule has 0 spiro atoms. The van der Waals surface area contributed by atoms with Gasteiger partial charge in [0.15, 0.2) is 11.3 Å². The van der Waals surface area contributed by atoms with Crippen molar-refractivity contribution in [3.05, 3.63) is 75.7 Å². The first-order chi connectivity index (χ1) is 30.9. The van der Waals surface area contributed by atoms with Gasteiger partial charge >= 0.3 is 11.8 Å². The van der Waals surface area contributed by atoms with Crippen molar-refractivity contribution >= 4 is 45.2 Å². The molecule has 3 N–H and O–H groups in total. The SMILES string of the molecule is CO[C@H]1/C=C/O[C@@]2(C)Oc3c(C)c(O)c4c(=O)c(c5oc6cc(OCCN7CCCC7)ccc6nc-5c4c3C2=O)NC(=O)/C(C)=C\C=C\[C@H](C)[C@H](O)[C@@H](C)[C@@H](C)[C@@H](C)[C@H](OC(C)=O)[C@@H]1C. The van der Waals surface area contributed by atoms with E-state index in [0.29, 0.717) is 17.9 Å². The first-order valence-electron chi connectivity index (χ1n) is 22.4. The number of carbonyl (C=O) groups is 3. The average molecular weight is 896 g/mol. The molecular weight excluding hydrogens is 835 g/mol. The maximum absolute atomic E-state index is 14.8. The first kappa shape index (κ1) is 47.2. The Morgan fingerprint density at radius 1 is 1.00 bits per heavy atom. The molecule has 1 saturated heterocycles. The minimum Gasteiger partial charge on any atom is -0.507 e. The lowest BCUT2D eigenvalue weighted by Crippen LogP contribution is -2.43. The van der Waals surface area contributed by atoms with Crippen molar-refractivity contribution in [3.63, 3.8) is 0 Å². The Hall–Kier alpha value is -5.77. The van der Waals surface area contributed by atoms with Gasteiger partial charge in [0.2, 0.25) is 5.43 Å². The van der Waals surface area contributed by atoms with Gasteiger partial charge in [0.05, 0.1) is 29.4 Å². The molecule has 1 aliphatic carbocycles. The van der Waals surface area contributed by atoms with Crippen LogP contribution < -0.4 is 20.2 Å². The van der Waals surface area contributed by atoms with Crippen LogP contribution >= 0.6 is 0 Å². The maximum Gasteiger partial charge on any atom is 0.312 e. The number of aromatic hydroxyl groups is 1. The largest absolute Gasteiger partial charge is 0.507 e. The summed E-state index contributed by atoms with van der Waals surface area (Å²) in [6.07, 6.45) is 8.10. The smallest absolute Gasteiger partial charge is 0.312 e. The molecule has 0 radical (unpaired) electrons. The molecule has 4 heterocycles. The van der Waals surface area contributed by atoms with Gasteiger partial charge in [0.25, 0.3) is 11.7 Å². The zero-order valence-corrected chi connectivity index (χ0v) is 38.9. The number of ether oxygens (including phenoxy) is 5. The van der Waals surface area contributed by atoms with E-state index in [2.05, 4.69) is 10.2 Å². The number of fused-ring (bicyclic) bond motifs is 2. The highest BCUT2D eigenvalue weighted by molar-refractivity contribution is 6.22. The topological polar surface area (TPSA) is 196 Å². The number of methoxy groups -OCH3 is 1. The molecule has 1 fully saturated rings. The molecule has 15 nitrogen and oxygen atoms in total. The van der Waals surface area contributed by atoms with Crippen LogP contribution in [0.2, 0.25) is 0 Å². The summed E-state index contributed by atoms with van der Waals surface area (Å²) in [6.45, 7) is 18.8. The Morgan fingerprint density at radius 2 is 1.72 bits per heavy atom. The number of aliphatic hydroxyl groups is 1. The lowest BCUT2D eigenvalue weighted by Gasteiger charge is -2.39. The summed E-state index contributed by atoms with van der Waals surface area (Å²) in [6, 6.07) is 5.10. The zero-order chi connectivity index (χ0) is 47.1. The van der Waals surface area contributed by atoms with Crippen molar-refractivity contribution in [2.24, 2.45) is 29.6 Å². The molecule has 9 atom stereocenters. The number of Topliss-reactive ketones (excluding diaryl/α,β-unsaturated/α-hetero) is 1. The Kier molecular flexibility index (Phi) is 13.8. The molecule has 7 rings (SSSR count). The Morgan fingerprint density at radius 3 is 2.42 bits per heavy atom. The molecule has 348 valence electrons. The van der Waals surface area contributed by atoms with E-state index >= 15 is 0 Å². The zero-order valence-electron chi connectivity index (χ0n) is 38.9. The molecule has 0 aromatic heterocycles. The standard InChI is InChI=1S/C50H61N3O12/c1-25-14-13-15-26(2)49(59)52-41-44(57)38-37(40-47(41)64-36-24-33(16-17-34(36)51-40)61-23-21-53-19-11-12-20-53)39-46(31(7)43(38)56)65-50(9,48(39)58)62-22-18-35(60-10)30(6)45(63-32(8)54)29(5)27(3)28(4)42(25)55/h13-18,22,24-25,27-30,35,42,45,55-56H,11-12,19-21,23H2,1-10H3,(H,52,59)/b14-13+,22-18+,26-15-/t25-,27+,28-,29+,30+,35-,42-,45-,50-/m0/s1. The Bertz CT molecular complexity index is 2610. The van der Waals surface area contributed by atoms with Gasteiger partial charge in [-0.2, -0.15) is 0 Å². The third-order valence-corrected chi connectivity index (χ3v) is 13.8. The minimum absolute atomic E-state index is 0.00874. The molecule has 1 amide bonds. The van der Waals surface area contributed by atoms with E-state index in [0.717, 1.165) is 32.5 Å². The van der Waals surface area contributed by atoms with E-state index < -0.39 is 58.9 Å². The fraction of sp³-hybridized carbons (Fsp3) is 0.500. The summed E-state index contributed by atoms with van der Waals surface area (Å²) in [5.74, 6) is -5.34. The second kappa shape index (κ2) is 19.0. The molecule has 5 aliphatic rings. The summed E-state index contributed by atoms with van der Waals surface area (Å²) in [7, 11) is 1.51. The van der Waals surface area contributed by atoms with E-state index in [1.807, 2.05) is 34.6 Å². The van der Waals surface area contributed by atoms with Crippen LogP contribution in [0.3, 0.4) is 0 Å². The van der Waals surface area contributed by atoms with Crippen LogP contribution in [0.1, 0.15) is 84.2 Å². The molecule has 0 saturated carbocycles. The van der Waals surface area contributed by atoms with Crippen molar-refractivity contribution in [2.45, 2.75) is 99.3 Å². The van der Waals surface area contributed by atoms with Gasteiger partial charge in [-0.15, -0.1) is 0 Å². The van der Waals surface area contributed by atoms with Gasteiger partial charge in [0, 0.05) is 61.9 Å². The normalized spacial score (nSPS) is 29.9. The summed E-state index contributed by atoms with van der Waals surface area (Å²) in [5.41, 5.74) is -0.278. The number of phenolic OH excluding ortho intramolecular Hbond substituents is 1. The first-order valence-corrected chi connectivity index (χ1v) is 22.4. The third-order valence-electron chi connectivity index (χ3n) is 13.8. The minimum atomic E-state index is -1.99. The number of nitrogens with zero attached hydrogens (tertiary/aromatic N) is 2. The highest BCUT2D eigenvalue weighted by atomic mass is 16.7. The van der Waals surface area contributed by atoms with Crippen molar-refractivity contribution < 1.29 is 52.7 Å². The van der Waals surface area contributed by atoms with E-state index in [4.69, 9.17) is 33.1 Å². The number of hydrogen-bond donors (Lipinski definition) is 3. The molecule has 2 aromatic rings. The number of hydrogen-bond acceptors (Lipinski definition) is 14. The number of likely N-dealkylation sites (tertiary alicyclic amines) is 1. The van der Waals surface area contributed by atoms with Crippen LogP contribution in [0.15, 0.2) is 63.6 Å². The molecule has 15 heteroatoms. The van der Waals surface area contributed by atoms with Crippen molar-refractivity contribution in [1.29, 1.82) is 0 Å². The van der Waals surface area contributed by atoms with Crippen molar-refractivity contribution in [1.82, 2.24) is 9.88 Å². The van der Waals surface area contributed by atoms with Gasteiger partial charge in [-0.25, -0.2) is 4.98 Å². The number of esters is 1. The van der Waals surface area contributed by atoms with Crippen LogP contribution in [-0.2, 0) is 23.8 Å². The lowest BCUT2D eigenvalue weighted by atomic mass is 9.73. The number of anilines is 1. The molecule has 4 aliphatic heterocycles. The fourth-order valence-electron chi connectivity index (χ4n) is 9.39. The van der Waals surface area contributed by atoms with E-state index in [1.54, 1.807) is 49.4 Å². The predicted octanol–water partition coefficient (Wildman–Crippen LogP) is 7.70. The number of allylic oxidation sites excluding steroid dienone is 2. The van der Waals surface area contributed by atoms with E-state index in [1.165, 1.54) is 34.1 Å². The van der Waals surface area contributed by atoms with Gasteiger partial charge in [-0.05, 0) is 75.7 Å². The molecule has 4 bridgehead atoms. The molecular formula is C50H61N3O12. The molecule has 2 aromatic carbocycles. The number of rotatable bonds is 6. The number of aromatic nitrogens is 1. The number of phenols is 1. The average Bonchev–Trinajstić information content (AvgIpc) is 3.90. The molecule has 65 heavy (non-hydrogen) atoms. The van der Waals surface area contributed by atoms with Gasteiger partial charge in [-0.1, -0.05) is 52.8 Å². The number of benzene rings is 3. The monoisotopic (exact) mass is 895 g/mol. The van der Waals surface area contributed by atoms with Crippen LogP contribution in [0.4, 0.5) is 5.69 Å². The third kappa shape index (κ3) is 9.10. The summed E-state index contributed by atoms with van der Waals surface area (Å²) in [5, 5.41) is 25.8. The fourth-order valence-corrected chi connectivity index (χ4v) is 9.39.